The second-order valence-electron chi connectivity index (χ2n) is 4.47. The summed E-state index contributed by atoms with van der Waals surface area (Å²) in [4.78, 5) is 13.2. The summed E-state index contributed by atoms with van der Waals surface area (Å²) >= 11 is 7.31. The van der Waals surface area contributed by atoms with Crippen LogP contribution in [0.1, 0.15) is 13.3 Å². The SMILES string of the molecule is CC[C@@H](Sc1ccc(Cl)cc1)C(=O)Nc1cccc(F)c1. The van der Waals surface area contributed by atoms with E-state index >= 15 is 0 Å². The number of carbonyl (C=O) groups is 1. The van der Waals surface area contributed by atoms with Crippen LogP contribution < -0.4 is 5.32 Å². The lowest BCUT2D eigenvalue weighted by Crippen LogP contribution is -2.24. The molecule has 0 radical (unpaired) electrons. The average Bonchev–Trinajstić information content (AvgIpc) is 2.46. The van der Waals surface area contributed by atoms with Crippen LogP contribution in [-0.4, -0.2) is 11.2 Å². The molecule has 110 valence electrons. The average molecular weight is 324 g/mol. The van der Waals surface area contributed by atoms with Crippen molar-refractivity contribution in [3.05, 3.63) is 59.4 Å². The molecule has 0 spiro atoms. The van der Waals surface area contributed by atoms with Gasteiger partial charge in [0.1, 0.15) is 5.82 Å². The Morgan fingerprint density at radius 3 is 2.62 bits per heavy atom. The van der Waals surface area contributed by atoms with Crippen molar-refractivity contribution < 1.29 is 9.18 Å². The minimum atomic E-state index is -0.369. The molecule has 2 rings (SSSR count). The first-order valence-electron chi connectivity index (χ1n) is 6.57. The van der Waals surface area contributed by atoms with E-state index in [9.17, 15) is 9.18 Å². The minimum Gasteiger partial charge on any atom is -0.325 e. The molecule has 5 heteroatoms. The molecule has 0 aromatic heterocycles. The molecule has 1 N–H and O–H groups in total. The van der Waals surface area contributed by atoms with Crippen molar-refractivity contribution in [1.82, 2.24) is 0 Å². The summed E-state index contributed by atoms with van der Waals surface area (Å²) in [6.45, 7) is 1.94. The second kappa shape index (κ2) is 7.48. The molecule has 0 saturated carbocycles. The molecule has 2 aromatic rings. The van der Waals surface area contributed by atoms with Gasteiger partial charge in [0.15, 0.2) is 0 Å². The van der Waals surface area contributed by atoms with Gasteiger partial charge in [-0.2, -0.15) is 0 Å². The van der Waals surface area contributed by atoms with E-state index in [1.165, 1.54) is 23.9 Å². The van der Waals surface area contributed by atoms with Gasteiger partial charge >= 0.3 is 0 Å². The standard InChI is InChI=1S/C16H15ClFNOS/c1-2-15(21-14-8-6-11(17)7-9-14)16(20)19-13-5-3-4-12(18)10-13/h3-10,15H,2H2,1H3,(H,19,20)/t15-/m1/s1. The predicted octanol–water partition coefficient (Wildman–Crippen LogP) is 4.99. The van der Waals surface area contributed by atoms with Crippen LogP contribution in [0.5, 0.6) is 0 Å². The van der Waals surface area contributed by atoms with Crippen molar-refractivity contribution in [3.8, 4) is 0 Å². The van der Waals surface area contributed by atoms with Crippen molar-refractivity contribution in [2.24, 2.45) is 0 Å². The topological polar surface area (TPSA) is 29.1 Å². The summed E-state index contributed by atoms with van der Waals surface area (Å²) in [6.07, 6.45) is 0.675. The van der Waals surface area contributed by atoms with Crippen LogP contribution in [0.4, 0.5) is 10.1 Å². The molecule has 1 amide bonds. The third-order valence-corrected chi connectivity index (χ3v) is 4.48. The van der Waals surface area contributed by atoms with Gasteiger partial charge in [0.05, 0.1) is 5.25 Å². The van der Waals surface area contributed by atoms with Crippen molar-refractivity contribution in [1.29, 1.82) is 0 Å². The number of nitrogens with one attached hydrogen (secondary N) is 1. The Kier molecular flexibility index (Phi) is 5.65. The van der Waals surface area contributed by atoms with Crippen LogP contribution in [0.25, 0.3) is 0 Å². The predicted molar refractivity (Wildman–Crippen MR) is 86.4 cm³/mol. The number of hydrogen-bond donors (Lipinski definition) is 1. The first-order chi connectivity index (χ1) is 10.1. The van der Waals surface area contributed by atoms with Crippen LogP contribution >= 0.6 is 23.4 Å². The zero-order valence-corrected chi connectivity index (χ0v) is 13.0. The molecule has 1 atom stereocenters. The fourth-order valence-corrected chi connectivity index (χ4v) is 2.87. The molecule has 0 aliphatic rings. The van der Waals surface area contributed by atoms with Gasteiger partial charge in [-0.15, -0.1) is 11.8 Å². The maximum Gasteiger partial charge on any atom is 0.237 e. The Labute approximate surface area is 132 Å². The fraction of sp³-hybridized carbons (Fsp3) is 0.188. The molecule has 21 heavy (non-hydrogen) atoms. The van der Waals surface area contributed by atoms with Gasteiger partial charge < -0.3 is 5.32 Å². The Morgan fingerprint density at radius 1 is 1.29 bits per heavy atom. The number of amides is 1. The lowest BCUT2D eigenvalue weighted by molar-refractivity contribution is -0.115. The maximum atomic E-state index is 13.1. The van der Waals surface area contributed by atoms with E-state index in [2.05, 4.69) is 5.32 Å². The normalized spacial score (nSPS) is 12.0. The third-order valence-electron chi connectivity index (χ3n) is 2.85. The molecule has 0 aliphatic carbocycles. The number of rotatable bonds is 5. The van der Waals surface area contributed by atoms with Gasteiger partial charge in [0.25, 0.3) is 0 Å². The van der Waals surface area contributed by atoms with Crippen LogP contribution in [0, 0.1) is 5.82 Å². The highest BCUT2D eigenvalue weighted by molar-refractivity contribution is 8.00. The number of benzene rings is 2. The van der Waals surface area contributed by atoms with E-state index in [1.54, 1.807) is 24.3 Å². The fourth-order valence-electron chi connectivity index (χ4n) is 1.79. The summed E-state index contributed by atoms with van der Waals surface area (Å²) in [5.74, 6) is -0.505. The summed E-state index contributed by atoms with van der Waals surface area (Å²) in [5.41, 5.74) is 0.468. The maximum absolute atomic E-state index is 13.1. The van der Waals surface area contributed by atoms with Gasteiger partial charge in [-0.25, -0.2) is 4.39 Å². The molecule has 0 saturated heterocycles. The number of hydrogen-bond acceptors (Lipinski definition) is 2. The van der Waals surface area contributed by atoms with Gasteiger partial charge in [-0.05, 0) is 48.9 Å². The molecule has 0 bridgehead atoms. The van der Waals surface area contributed by atoms with Gasteiger partial charge in [-0.3, -0.25) is 4.79 Å². The lowest BCUT2D eigenvalue weighted by atomic mass is 10.2. The van der Waals surface area contributed by atoms with E-state index in [0.717, 1.165) is 4.90 Å². The molecule has 0 aliphatic heterocycles. The summed E-state index contributed by atoms with van der Waals surface area (Å²) in [7, 11) is 0. The number of halogens is 2. The highest BCUT2D eigenvalue weighted by Crippen LogP contribution is 2.27. The molecular weight excluding hydrogens is 309 g/mol. The smallest absolute Gasteiger partial charge is 0.237 e. The van der Waals surface area contributed by atoms with Crippen LogP contribution in [0.3, 0.4) is 0 Å². The number of anilines is 1. The van der Waals surface area contributed by atoms with E-state index in [-0.39, 0.29) is 17.0 Å². The summed E-state index contributed by atoms with van der Waals surface area (Å²) < 4.78 is 13.1. The van der Waals surface area contributed by atoms with Crippen molar-refractivity contribution in [2.75, 3.05) is 5.32 Å². The quantitative estimate of drug-likeness (QED) is 0.785. The van der Waals surface area contributed by atoms with Crippen LogP contribution in [-0.2, 0) is 4.79 Å². The zero-order chi connectivity index (χ0) is 15.2. The lowest BCUT2D eigenvalue weighted by Gasteiger charge is -2.14. The highest BCUT2D eigenvalue weighted by atomic mass is 35.5. The molecule has 0 unspecified atom stereocenters. The van der Waals surface area contributed by atoms with Gasteiger partial charge in [0.2, 0.25) is 5.91 Å². The van der Waals surface area contributed by atoms with E-state index < -0.39 is 0 Å². The van der Waals surface area contributed by atoms with E-state index in [0.29, 0.717) is 17.1 Å². The molecule has 2 aromatic carbocycles. The Morgan fingerprint density at radius 2 is 2.00 bits per heavy atom. The Hall–Kier alpha value is -1.52. The Bertz CT molecular complexity index is 618. The molecule has 0 heterocycles. The number of thioether (sulfide) groups is 1. The zero-order valence-electron chi connectivity index (χ0n) is 11.5. The highest BCUT2D eigenvalue weighted by Gasteiger charge is 2.18. The van der Waals surface area contributed by atoms with Crippen molar-refractivity contribution in [3.63, 3.8) is 0 Å². The molecule has 0 fully saturated rings. The first kappa shape index (κ1) is 15.9. The van der Waals surface area contributed by atoms with Crippen molar-refractivity contribution in [2.45, 2.75) is 23.5 Å². The van der Waals surface area contributed by atoms with Gasteiger partial charge in [0, 0.05) is 15.6 Å². The van der Waals surface area contributed by atoms with Gasteiger partial charge in [-0.1, -0.05) is 24.6 Å². The Balaban J connectivity index is 2.03. The molecule has 2 nitrogen and oxygen atoms in total. The summed E-state index contributed by atoms with van der Waals surface area (Å²) in [5, 5.41) is 3.16. The van der Waals surface area contributed by atoms with E-state index in [4.69, 9.17) is 11.6 Å². The van der Waals surface area contributed by atoms with Crippen LogP contribution in [0.15, 0.2) is 53.4 Å². The van der Waals surface area contributed by atoms with Crippen LogP contribution in [0.2, 0.25) is 5.02 Å². The third kappa shape index (κ3) is 4.76. The van der Waals surface area contributed by atoms with Crippen molar-refractivity contribution >= 4 is 35.0 Å². The summed E-state index contributed by atoms with van der Waals surface area (Å²) in [6, 6.07) is 13.2. The largest absolute Gasteiger partial charge is 0.325 e. The monoisotopic (exact) mass is 323 g/mol. The second-order valence-corrected chi connectivity index (χ2v) is 6.18. The number of carbonyl (C=O) groups excluding carboxylic acids is 1. The minimum absolute atomic E-state index is 0.136. The first-order valence-corrected chi connectivity index (χ1v) is 7.83. The van der Waals surface area contributed by atoms with E-state index in [1.807, 2.05) is 19.1 Å². The molecular formula is C16H15ClFNOS.